The van der Waals surface area contributed by atoms with Crippen LogP contribution in [-0.2, 0) is 6.42 Å². The van der Waals surface area contributed by atoms with Crippen molar-refractivity contribution in [1.29, 1.82) is 0 Å². The Kier molecular flexibility index (Phi) is 4.97. The lowest BCUT2D eigenvalue weighted by Gasteiger charge is -2.29. The molecule has 0 aliphatic carbocycles. The van der Waals surface area contributed by atoms with E-state index in [0.29, 0.717) is 33.2 Å². The van der Waals surface area contributed by atoms with Gasteiger partial charge in [-0.25, -0.2) is 9.37 Å². The maximum atomic E-state index is 14.6. The minimum atomic E-state index is -0.396. The first kappa shape index (κ1) is 18.1. The van der Waals surface area contributed by atoms with Crippen LogP contribution >= 0.6 is 27.3 Å². The van der Waals surface area contributed by atoms with Gasteiger partial charge in [0.15, 0.2) is 0 Å². The van der Waals surface area contributed by atoms with E-state index in [1.54, 1.807) is 12.5 Å². The van der Waals surface area contributed by atoms with Crippen LogP contribution in [0.25, 0.3) is 10.6 Å². The molecule has 0 saturated heterocycles. The number of aromatic nitrogens is 1. The summed E-state index contributed by atoms with van der Waals surface area (Å²) >= 11 is 4.69. The van der Waals surface area contributed by atoms with Crippen LogP contribution in [0.1, 0.15) is 22.5 Å². The predicted molar refractivity (Wildman–Crippen MR) is 108 cm³/mol. The first-order valence-electron chi connectivity index (χ1n) is 8.47. The molecule has 0 N–H and O–H groups in total. The van der Waals surface area contributed by atoms with Crippen molar-refractivity contribution in [2.75, 3.05) is 18.6 Å². The van der Waals surface area contributed by atoms with Gasteiger partial charge in [0.25, 0.3) is 5.91 Å². The first-order chi connectivity index (χ1) is 13.1. The van der Waals surface area contributed by atoms with E-state index in [0.717, 1.165) is 24.0 Å². The average Bonchev–Trinajstić information content (AvgIpc) is 3.16. The molecule has 1 amide bonds. The number of nitrogens with zero attached hydrogens (tertiary/aromatic N) is 2. The number of aryl methyl sites for hydroxylation is 1. The number of carbonyl (C=O) groups is 1. The van der Waals surface area contributed by atoms with Gasteiger partial charge in [-0.2, -0.15) is 0 Å². The second-order valence-corrected chi connectivity index (χ2v) is 7.97. The molecule has 1 aliphatic rings. The highest BCUT2D eigenvalue weighted by Gasteiger charge is 2.28. The van der Waals surface area contributed by atoms with Crippen LogP contribution in [0.15, 0.2) is 46.3 Å². The third-order valence-electron chi connectivity index (χ3n) is 4.51. The van der Waals surface area contributed by atoms with E-state index in [-0.39, 0.29) is 5.91 Å². The zero-order valence-electron chi connectivity index (χ0n) is 14.5. The highest BCUT2D eigenvalue weighted by Crippen LogP contribution is 2.35. The van der Waals surface area contributed by atoms with Gasteiger partial charge in [0.05, 0.1) is 18.4 Å². The van der Waals surface area contributed by atoms with Crippen molar-refractivity contribution in [3.8, 4) is 16.3 Å². The maximum absolute atomic E-state index is 14.6. The summed E-state index contributed by atoms with van der Waals surface area (Å²) in [6.07, 6.45) is 1.54. The minimum absolute atomic E-state index is 0.283. The van der Waals surface area contributed by atoms with Crippen LogP contribution < -0.4 is 9.64 Å². The van der Waals surface area contributed by atoms with Gasteiger partial charge >= 0.3 is 0 Å². The molecule has 0 bridgehead atoms. The number of methoxy groups -OCH3 is 1. The lowest BCUT2D eigenvalue weighted by molar-refractivity contribution is 0.0980. The van der Waals surface area contributed by atoms with Crippen LogP contribution in [0.3, 0.4) is 0 Å². The fourth-order valence-electron chi connectivity index (χ4n) is 3.31. The van der Waals surface area contributed by atoms with Crippen molar-refractivity contribution in [3.63, 3.8) is 0 Å². The predicted octanol–water partition coefficient (Wildman–Crippen LogP) is 5.31. The number of halogens is 2. The number of rotatable bonds is 3. The van der Waals surface area contributed by atoms with Crippen molar-refractivity contribution in [1.82, 2.24) is 4.98 Å². The molecular weight excluding hydrogens is 431 g/mol. The normalized spacial score (nSPS) is 13.4. The van der Waals surface area contributed by atoms with Gasteiger partial charge in [0.2, 0.25) is 0 Å². The van der Waals surface area contributed by atoms with Gasteiger partial charge in [-0.3, -0.25) is 4.79 Å². The zero-order chi connectivity index (χ0) is 19.0. The molecule has 0 fully saturated rings. The summed E-state index contributed by atoms with van der Waals surface area (Å²) in [7, 11) is 1.60. The number of hydrogen-bond acceptors (Lipinski definition) is 4. The summed E-state index contributed by atoms with van der Waals surface area (Å²) in [5.41, 5.74) is 2.34. The topological polar surface area (TPSA) is 42.4 Å². The van der Waals surface area contributed by atoms with E-state index in [4.69, 9.17) is 4.74 Å². The third-order valence-corrected chi connectivity index (χ3v) is 5.84. The van der Waals surface area contributed by atoms with Gasteiger partial charge in [0.1, 0.15) is 22.3 Å². The Balaban J connectivity index is 1.69. The SMILES string of the molecule is COc1ccccc1-c1nc(C(=O)N2CCCc3cc(Br)cc(F)c32)cs1. The van der Waals surface area contributed by atoms with E-state index in [1.165, 1.54) is 22.3 Å². The molecule has 2 heterocycles. The maximum Gasteiger partial charge on any atom is 0.277 e. The summed E-state index contributed by atoms with van der Waals surface area (Å²) < 4.78 is 20.6. The van der Waals surface area contributed by atoms with Gasteiger partial charge in [0, 0.05) is 16.4 Å². The highest BCUT2D eigenvalue weighted by molar-refractivity contribution is 9.10. The molecule has 0 spiro atoms. The van der Waals surface area contributed by atoms with Gasteiger partial charge in [-0.05, 0) is 42.7 Å². The smallest absolute Gasteiger partial charge is 0.277 e. The van der Waals surface area contributed by atoms with E-state index < -0.39 is 5.82 Å². The molecule has 2 aromatic carbocycles. The lowest BCUT2D eigenvalue weighted by atomic mass is 10.0. The fourth-order valence-corrected chi connectivity index (χ4v) is 4.61. The third kappa shape index (κ3) is 3.37. The van der Waals surface area contributed by atoms with Crippen molar-refractivity contribution >= 4 is 38.9 Å². The number of anilines is 1. The van der Waals surface area contributed by atoms with Gasteiger partial charge in [-0.1, -0.05) is 28.1 Å². The van der Waals surface area contributed by atoms with E-state index in [2.05, 4.69) is 20.9 Å². The highest BCUT2D eigenvalue weighted by atomic mass is 79.9. The van der Waals surface area contributed by atoms with Crippen LogP contribution in [0, 0.1) is 5.82 Å². The Morgan fingerprint density at radius 3 is 2.96 bits per heavy atom. The van der Waals surface area contributed by atoms with E-state index in [9.17, 15) is 9.18 Å². The Bertz CT molecular complexity index is 1020. The summed E-state index contributed by atoms with van der Waals surface area (Å²) in [5.74, 6) is 0.0206. The largest absolute Gasteiger partial charge is 0.496 e. The molecule has 4 nitrogen and oxygen atoms in total. The lowest BCUT2D eigenvalue weighted by Crippen LogP contribution is -2.36. The summed E-state index contributed by atoms with van der Waals surface area (Å²) in [6, 6.07) is 10.8. The standard InChI is InChI=1S/C20H16BrFN2O2S/c1-26-17-7-3-2-6-14(17)19-23-16(11-27-19)20(25)24-8-4-5-12-9-13(21)10-15(22)18(12)24/h2-3,6-7,9-11H,4-5,8H2,1H3. The van der Waals surface area contributed by atoms with Crippen molar-refractivity contribution in [2.45, 2.75) is 12.8 Å². The zero-order valence-corrected chi connectivity index (χ0v) is 16.9. The number of fused-ring (bicyclic) bond motifs is 1. The Morgan fingerprint density at radius 2 is 2.15 bits per heavy atom. The fraction of sp³-hybridized carbons (Fsp3) is 0.200. The first-order valence-corrected chi connectivity index (χ1v) is 10.1. The second kappa shape index (κ2) is 7.40. The molecular formula is C20H16BrFN2O2S. The van der Waals surface area contributed by atoms with Crippen LogP contribution in [0.2, 0.25) is 0 Å². The summed E-state index contributed by atoms with van der Waals surface area (Å²) in [5, 5.41) is 2.42. The quantitative estimate of drug-likeness (QED) is 0.547. The molecule has 1 aromatic heterocycles. The number of para-hydroxylation sites is 1. The number of benzene rings is 2. The minimum Gasteiger partial charge on any atom is -0.496 e. The molecule has 1 aliphatic heterocycles. The van der Waals surface area contributed by atoms with Gasteiger partial charge in [-0.15, -0.1) is 11.3 Å². The van der Waals surface area contributed by atoms with Crippen LogP contribution in [0.5, 0.6) is 5.75 Å². The Morgan fingerprint density at radius 1 is 1.33 bits per heavy atom. The molecule has 3 aromatic rings. The van der Waals surface area contributed by atoms with E-state index >= 15 is 0 Å². The average molecular weight is 447 g/mol. The van der Waals surface area contributed by atoms with Crippen molar-refractivity contribution in [2.24, 2.45) is 0 Å². The molecule has 0 unspecified atom stereocenters. The second-order valence-electron chi connectivity index (χ2n) is 6.19. The Hall–Kier alpha value is -2.25. The number of amides is 1. The Labute approximate surface area is 168 Å². The van der Waals surface area contributed by atoms with E-state index in [1.807, 2.05) is 30.3 Å². The van der Waals surface area contributed by atoms with Crippen LogP contribution in [-0.4, -0.2) is 24.5 Å². The number of carbonyl (C=O) groups excluding carboxylic acids is 1. The summed E-state index contributed by atoms with van der Waals surface area (Å²) in [4.78, 5) is 19.1. The molecule has 4 rings (SSSR count). The molecule has 0 atom stereocenters. The molecule has 138 valence electrons. The van der Waals surface area contributed by atoms with Crippen molar-refractivity contribution < 1.29 is 13.9 Å². The molecule has 0 saturated carbocycles. The van der Waals surface area contributed by atoms with Crippen LogP contribution in [0.4, 0.5) is 10.1 Å². The summed E-state index contributed by atoms with van der Waals surface area (Å²) in [6.45, 7) is 0.478. The molecule has 27 heavy (non-hydrogen) atoms. The molecule has 0 radical (unpaired) electrons. The number of hydrogen-bond donors (Lipinski definition) is 0. The number of thiazole rings is 1. The molecule has 7 heteroatoms. The monoisotopic (exact) mass is 446 g/mol. The van der Waals surface area contributed by atoms with Gasteiger partial charge < -0.3 is 9.64 Å². The number of ether oxygens (including phenoxy) is 1. The van der Waals surface area contributed by atoms with Crippen molar-refractivity contribution in [3.05, 3.63) is 63.3 Å².